The number of piperazine rings is 1. The second-order valence-electron chi connectivity index (χ2n) is 5.38. The highest BCUT2D eigenvalue weighted by Crippen LogP contribution is 2.28. The number of methoxy groups -OCH3 is 1. The zero-order valence-corrected chi connectivity index (χ0v) is 13.2. The van der Waals surface area contributed by atoms with Crippen LogP contribution in [0.25, 0.3) is 0 Å². The largest absolute Gasteiger partial charge is 0.495 e. The van der Waals surface area contributed by atoms with Gasteiger partial charge in [0.2, 0.25) is 0 Å². The summed E-state index contributed by atoms with van der Waals surface area (Å²) in [4.78, 5) is 2.29. The van der Waals surface area contributed by atoms with Crippen molar-refractivity contribution in [2.45, 2.75) is 0 Å². The van der Waals surface area contributed by atoms with Gasteiger partial charge < -0.3 is 9.64 Å². The number of rotatable bonds is 4. The number of hydrogen-bond donors (Lipinski definition) is 0. The molecule has 120 valence electrons. The molecule has 0 aliphatic carbocycles. The third-order valence-corrected chi connectivity index (χ3v) is 3.95. The standard InChI is InChI=1S/C18H20FN3O/c1-23-18-9-5-4-8-17(18)21-10-12-22(13-11-21)20-14-15-6-2-3-7-16(15)19/h2-9,14H,10-13H2,1H3/b20-14+. The van der Waals surface area contributed by atoms with E-state index in [4.69, 9.17) is 4.74 Å². The summed E-state index contributed by atoms with van der Waals surface area (Å²) in [6, 6.07) is 14.7. The van der Waals surface area contributed by atoms with Gasteiger partial charge in [-0.2, -0.15) is 5.10 Å². The Morgan fingerprint density at radius 3 is 2.43 bits per heavy atom. The molecule has 2 aromatic carbocycles. The van der Waals surface area contributed by atoms with Gasteiger partial charge in [0, 0.05) is 18.7 Å². The number of hydrazone groups is 1. The van der Waals surface area contributed by atoms with E-state index in [0.29, 0.717) is 5.56 Å². The first kappa shape index (κ1) is 15.3. The average molecular weight is 313 g/mol. The van der Waals surface area contributed by atoms with Crippen LogP contribution in [0.4, 0.5) is 10.1 Å². The smallest absolute Gasteiger partial charge is 0.142 e. The fourth-order valence-electron chi connectivity index (χ4n) is 2.67. The minimum atomic E-state index is -0.246. The average Bonchev–Trinajstić information content (AvgIpc) is 2.61. The van der Waals surface area contributed by atoms with Crippen molar-refractivity contribution in [3.8, 4) is 5.75 Å². The number of hydrogen-bond acceptors (Lipinski definition) is 4. The number of halogens is 1. The van der Waals surface area contributed by atoms with Gasteiger partial charge in [-0.05, 0) is 18.2 Å². The summed E-state index contributed by atoms with van der Waals surface area (Å²) in [6.45, 7) is 3.30. The van der Waals surface area contributed by atoms with Crippen molar-refractivity contribution in [3.63, 3.8) is 0 Å². The molecule has 0 N–H and O–H groups in total. The van der Waals surface area contributed by atoms with Gasteiger partial charge in [0.1, 0.15) is 11.6 Å². The highest BCUT2D eigenvalue weighted by atomic mass is 19.1. The summed E-state index contributed by atoms with van der Waals surface area (Å²) in [7, 11) is 1.69. The fraction of sp³-hybridized carbons (Fsp3) is 0.278. The van der Waals surface area contributed by atoms with E-state index in [1.54, 1.807) is 25.5 Å². The summed E-state index contributed by atoms with van der Waals surface area (Å²) in [5, 5.41) is 6.37. The zero-order valence-electron chi connectivity index (χ0n) is 13.2. The summed E-state index contributed by atoms with van der Waals surface area (Å²) in [5.41, 5.74) is 1.62. The van der Waals surface area contributed by atoms with Gasteiger partial charge in [-0.25, -0.2) is 4.39 Å². The number of nitrogens with zero attached hydrogens (tertiary/aromatic N) is 3. The predicted molar refractivity (Wildman–Crippen MR) is 90.8 cm³/mol. The van der Waals surface area contributed by atoms with Crippen LogP contribution in [0.3, 0.4) is 0 Å². The molecule has 0 amide bonds. The third kappa shape index (κ3) is 3.62. The maximum absolute atomic E-state index is 13.6. The summed E-state index contributed by atoms with van der Waals surface area (Å²) in [5.74, 6) is 0.639. The van der Waals surface area contributed by atoms with Crippen molar-refractivity contribution in [1.29, 1.82) is 0 Å². The summed E-state index contributed by atoms with van der Waals surface area (Å²) < 4.78 is 19.0. The molecule has 0 radical (unpaired) electrons. The number of para-hydroxylation sites is 2. The van der Waals surface area contributed by atoms with Gasteiger partial charge in [-0.15, -0.1) is 0 Å². The van der Waals surface area contributed by atoms with Crippen LogP contribution in [0.2, 0.25) is 0 Å². The van der Waals surface area contributed by atoms with E-state index >= 15 is 0 Å². The molecule has 0 aromatic heterocycles. The van der Waals surface area contributed by atoms with Crippen molar-refractivity contribution in [3.05, 3.63) is 59.9 Å². The highest BCUT2D eigenvalue weighted by molar-refractivity contribution is 5.79. The van der Waals surface area contributed by atoms with Crippen molar-refractivity contribution < 1.29 is 9.13 Å². The molecule has 1 saturated heterocycles. The van der Waals surface area contributed by atoms with E-state index in [9.17, 15) is 4.39 Å². The normalized spacial score (nSPS) is 15.2. The van der Waals surface area contributed by atoms with Gasteiger partial charge in [-0.3, -0.25) is 5.01 Å². The summed E-state index contributed by atoms with van der Waals surface area (Å²) in [6.07, 6.45) is 1.59. The Balaban J connectivity index is 1.61. The first-order valence-electron chi connectivity index (χ1n) is 7.69. The molecule has 0 bridgehead atoms. The van der Waals surface area contributed by atoms with Gasteiger partial charge in [0.25, 0.3) is 0 Å². The van der Waals surface area contributed by atoms with Gasteiger partial charge in [-0.1, -0.05) is 30.3 Å². The van der Waals surface area contributed by atoms with Crippen LogP contribution in [0.1, 0.15) is 5.56 Å². The predicted octanol–water partition coefficient (Wildman–Crippen LogP) is 2.99. The zero-order chi connectivity index (χ0) is 16.1. The SMILES string of the molecule is COc1ccccc1N1CCN(/N=C/c2ccccc2F)CC1. The van der Waals surface area contributed by atoms with Gasteiger partial charge >= 0.3 is 0 Å². The monoisotopic (exact) mass is 313 g/mol. The fourth-order valence-corrected chi connectivity index (χ4v) is 2.67. The van der Waals surface area contributed by atoms with Crippen molar-refractivity contribution in [2.24, 2.45) is 5.10 Å². The Bertz CT molecular complexity index is 681. The van der Waals surface area contributed by atoms with Crippen LogP contribution >= 0.6 is 0 Å². The molecule has 23 heavy (non-hydrogen) atoms. The lowest BCUT2D eigenvalue weighted by Gasteiger charge is -2.35. The Hall–Kier alpha value is -2.56. The molecule has 1 aliphatic rings. The molecule has 3 rings (SSSR count). The van der Waals surface area contributed by atoms with E-state index in [-0.39, 0.29) is 5.82 Å². The minimum absolute atomic E-state index is 0.246. The van der Waals surface area contributed by atoms with Crippen molar-refractivity contribution >= 4 is 11.9 Å². The molecule has 0 spiro atoms. The molecule has 2 aromatic rings. The van der Waals surface area contributed by atoms with Gasteiger partial charge in [0.05, 0.1) is 32.1 Å². The maximum atomic E-state index is 13.6. The third-order valence-electron chi connectivity index (χ3n) is 3.95. The van der Waals surface area contributed by atoms with Crippen LogP contribution < -0.4 is 9.64 Å². The molecule has 1 heterocycles. The molecule has 4 nitrogen and oxygen atoms in total. The Morgan fingerprint density at radius 2 is 1.70 bits per heavy atom. The lowest BCUT2D eigenvalue weighted by Crippen LogP contribution is -2.44. The van der Waals surface area contributed by atoms with Crippen LogP contribution in [0.5, 0.6) is 5.75 Å². The number of ether oxygens (including phenoxy) is 1. The number of benzene rings is 2. The lowest BCUT2D eigenvalue weighted by atomic mass is 10.2. The lowest BCUT2D eigenvalue weighted by molar-refractivity contribution is 0.271. The first-order valence-corrected chi connectivity index (χ1v) is 7.69. The number of anilines is 1. The van der Waals surface area contributed by atoms with Crippen LogP contribution in [0, 0.1) is 5.82 Å². The summed E-state index contributed by atoms with van der Waals surface area (Å²) >= 11 is 0. The van der Waals surface area contributed by atoms with E-state index in [1.165, 1.54) is 6.07 Å². The van der Waals surface area contributed by atoms with Gasteiger partial charge in [0.15, 0.2) is 0 Å². The topological polar surface area (TPSA) is 28.1 Å². The maximum Gasteiger partial charge on any atom is 0.142 e. The molecule has 1 fully saturated rings. The molecule has 1 aliphatic heterocycles. The van der Waals surface area contributed by atoms with Crippen LogP contribution in [-0.4, -0.2) is 44.5 Å². The molecular formula is C18H20FN3O. The molecular weight excluding hydrogens is 293 g/mol. The van der Waals surface area contributed by atoms with Crippen molar-refractivity contribution in [2.75, 3.05) is 38.2 Å². The molecule has 0 unspecified atom stereocenters. The molecule has 0 saturated carbocycles. The Kier molecular flexibility index (Phi) is 4.76. The molecule has 5 heteroatoms. The molecule has 0 atom stereocenters. The van der Waals surface area contributed by atoms with E-state index in [0.717, 1.165) is 37.6 Å². The van der Waals surface area contributed by atoms with Crippen LogP contribution in [0.15, 0.2) is 53.6 Å². The second-order valence-corrected chi connectivity index (χ2v) is 5.38. The quantitative estimate of drug-likeness (QED) is 0.812. The van der Waals surface area contributed by atoms with E-state index < -0.39 is 0 Å². The minimum Gasteiger partial charge on any atom is -0.495 e. The Labute approximate surface area is 135 Å². The second kappa shape index (κ2) is 7.13. The van der Waals surface area contributed by atoms with Crippen molar-refractivity contribution in [1.82, 2.24) is 5.01 Å². The van der Waals surface area contributed by atoms with E-state index in [2.05, 4.69) is 16.1 Å². The van der Waals surface area contributed by atoms with Crippen LogP contribution in [-0.2, 0) is 0 Å². The van der Waals surface area contributed by atoms with E-state index in [1.807, 2.05) is 29.3 Å². The highest BCUT2D eigenvalue weighted by Gasteiger charge is 2.18. The Morgan fingerprint density at radius 1 is 1.00 bits per heavy atom. The first-order chi connectivity index (χ1) is 11.3.